The molecule has 27 heavy (non-hydrogen) atoms. The van der Waals surface area contributed by atoms with Crippen molar-refractivity contribution in [1.82, 2.24) is 4.90 Å². The molecule has 0 N–H and O–H groups in total. The van der Waals surface area contributed by atoms with Crippen molar-refractivity contribution in [3.8, 4) is 0 Å². The number of likely N-dealkylation sites (tertiary alicyclic amines) is 1. The highest BCUT2D eigenvalue weighted by molar-refractivity contribution is 5.54. The van der Waals surface area contributed by atoms with Crippen molar-refractivity contribution in [1.29, 1.82) is 0 Å². The largest absolute Gasteiger partial charge is 0.377 e. The van der Waals surface area contributed by atoms with Crippen molar-refractivity contribution in [2.45, 2.75) is 31.0 Å². The third kappa shape index (κ3) is 3.32. The number of hydrogen-bond donors (Lipinski definition) is 0. The molecule has 0 amide bonds. The molecule has 1 spiro atoms. The lowest BCUT2D eigenvalue weighted by molar-refractivity contribution is -0.0472. The molecule has 3 nitrogen and oxygen atoms in total. The van der Waals surface area contributed by atoms with E-state index in [0.717, 1.165) is 43.7 Å². The summed E-state index contributed by atoms with van der Waals surface area (Å²) in [7, 11) is 1.73. The normalized spacial score (nSPS) is 22.1. The molecule has 0 aliphatic carbocycles. The Hall–Kier alpha value is -2.05. The molecule has 0 radical (unpaired) electrons. The molecular weight excluding hydrogens is 353 g/mol. The zero-order valence-corrected chi connectivity index (χ0v) is 15.3. The second kappa shape index (κ2) is 7.17. The lowest BCUT2D eigenvalue weighted by Gasteiger charge is -2.62. The molecule has 2 heterocycles. The van der Waals surface area contributed by atoms with Gasteiger partial charge in [-0.3, -0.25) is 4.90 Å². The van der Waals surface area contributed by atoms with Crippen molar-refractivity contribution in [2.24, 2.45) is 0 Å². The molecule has 0 aromatic heterocycles. The van der Waals surface area contributed by atoms with E-state index in [9.17, 15) is 13.2 Å². The van der Waals surface area contributed by atoms with Gasteiger partial charge >= 0.3 is 0 Å². The minimum absolute atomic E-state index is 0.117. The molecule has 1 unspecified atom stereocenters. The number of piperidine rings is 1. The van der Waals surface area contributed by atoms with Crippen LogP contribution in [0, 0.1) is 17.5 Å². The van der Waals surface area contributed by atoms with Gasteiger partial charge in [-0.2, -0.15) is 0 Å². The molecule has 144 valence electrons. The van der Waals surface area contributed by atoms with E-state index < -0.39 is 11.6 Å². The zero-order valence-electron chi connectivity index (χ0n) is 15.3. The summed E-state index contributed by atoms with van der Waals surface area (Å²) in [6, 6.07) is 10.8. The predicted octanol–water partition coefficient (Wildman–Crippen LogP) is 3.97. The minimum Gasteiger partial charge on any atom is -0.377 e. The lowest BCUT2D eigenvalue weighted by Crippen LogP contribution is -2.74. The molecule has 2 aromatic rings. The molecule has 6 heteroatoms. The highest BCUT2D eigenvalue weighted by atomic mass is 19.2. The number of anilines is 1. The number of hydrogen-bond acceptors (Lipinski definition) is 3. The molecule has 2 aromatic carbocycles. The Morgan fingerprint density at radius 2 is 1.81 bits per heavy atom. The summed E-state index contributed by atoms with van der Waals surface area (Å²) in [5, 5.41) is 0. The van der Waals surface area contributed by atoms with Gasteiger partial charge in [0.2, 0.25) is 0 Å². The van der Waals surface area contributed by atoms with E-state index in [2.05, 4.69) is 9.80 Å². The van der Waals surface area contributed by atoms with Gasteiger partial charge in [0.05, 0.1) is 11.6 Å². The van der Waals surface area contributed by atoms with Crippen molar-refractivity contribution in [3.05, 3.63) is 65.5 Å². The third-order valence-electron chi connectivity index (χ3n) is 6.00. The van der Waals surface area contributed by atoms with Crippen LogP contribution in [0.25, 0.3) is 0 Å². The van der Waals surface area contributed by atoms with E-state index in [1.165, 1.54) is 18.2 Å². The Morgan fingerprint density at radius 3 is 2.48 bits per heavy atom. The molecule has 2 fully saturated rings. The minimum atomic E-state index is -0.820. The van der Waals surface area contributed by atoms with Crippen LogP contribution < -0.4 is 4.90 Å². The van der Waals surface area contributed by atoms with Gasteiger partial charge in [-0.25, -0.2) is 13.2 Å². The topological polar surface area (TPSA) is 15.7 Å². The fourth-order valence-electron chi connectivity index (χ4n) is 4.47. The number of methoxy groups -OCH3 is 1. The molecule has 1 atom stereocenters. The quantitative estimate of drug-likeness (QED) is 0.803. The maximum atomic E-state index is 13.7. The third-order valence-corrected chi connectivity index (χ3v) is 6.00. The second-order valence-corrected chi connectivity index (χ2v) is 7.44. The Kier molecular flexibility index (Phi) is 4.86. The highest BCUT2D eigenvalue weighted by Crippen LogP contribution is 2.44. The summed E-state index contributed by atoms with van der Waals surface area (Å²) in [6.45, 7) is 2.99. The van der Waals surface area contributed by atoms with Gasteiger partial charge in [-0.1, -0.05) is 12.1 Å². The first-order valence-electron chi connectivity index (χ1n) is 9.24. The van der Waals surface area contributed by atoms with Gasteiger partial charge in [0.15, 0.2) is 11.6 Å². The van der Waals surface area contributed by atoms with Crippen LogP contribution in [0.2, 0.25) is 0 Å². The van der Waals surface area contributed by atoms with E-state index in [0.29, 0.717) is 6.54 Å². The summed E-state index contributed by atoms with van der Waals surface area (Å²) < 4.78 is 45.9. The number of ether oxygens (including phenoxy) is 1. The van der Waals surface area contributed by atoms with Crippen LogP contribution in [-0.4, -0.2) is 43.3 Å². The van der Waals surface area contributed by atoms with Crippen LogP contribution in [0.15, 0.2) is 42.5 Å². The van der Waals surface area contributed by atoms with E-state index in [-0.39, 0.29) is 17.5 Å². The van der Waals surface area contributed by atoms with E-state index in [1.807, 2.05) is 6.07 Å². The van der Waals surface area contributed by atoms with Crippen molar-refractivity contribution in [3.63, 3.8) is 0 Å². The SMILES string of the molecule is COC1CN(c2cccc(F)c2)C12CCN(Cc1ccc(F)c(F)c1)CC2. The van der Waals surface area contributed by atoms with E-state index >= 15 is 0 Å². The molecule has 2 saturated heterocycles. The molecule has 0 saturated carbocycles. The van der Waals surface area contributed by atoms with Gasteiger partial charge < -0.3 is 9.64 Å². The van der Waals surface area contributed by atoms with Crippen LogP contribution in [0.4, 0.5) is 18.9 Å². The smallest absolute Gasteiger partial charge is 0.159 e. The lowest BCUT2D eigenvalue weighted by atomic mass is 9.73. The molecule has 0 bridgehead atoms. The van der Waals surface area contributed by atoms with Crippen molar-refractivity contribution in [2.75, 3.05) is 31.6 Å². The number of nitrogens with zero attached hydrogens (tertiary/aromatic N) is 2. The number of rotatable bonds is 4. The summed E-state index contributed by atoms with van der Waals surface area (Å²) in [6.07, 6.45) is 1.88. The second-order valence-electron chi connectivity index (χ2n) is 7.44. The van der Waals surface area contributed by atoms with Crippen LogP contribution in [0.3, 0.4) is 0 Å². The van der Waals surface area contributed by atoms with Gasteiger partial charge in [0.25, 0.3) is 0 Å². The predicted molar refractivity (Wildman–Crippen MR) is 98.1 cm³/mol. The monoisotopic (exact) mass is 376 g/mol. The Labute approximate surface area is 157 Å². The Balaban J connectivity index is 1.46. The number of halogens is 3. The zero-order chi connectivity index (χ0) is 19.0. The first-order valence-corrected chi connectivity index (χ1v) is 9.24. The van der Waals surface area contributed by atoms with Gasteiger partial charge in [-0.05, 0) is 48.7 Å². The van der Waals surface area contributed by atoms with Crippen LogP contribution >= 0.6 is 0 Å². The van der Waals surface area contributed by atoms with Gasteiger partial charge in [0.1, 0.15) is 5.82 Å². The molecule has 4 rings (SSSR count). The maximum absolute atomic E-state index is 13.7. The van der Waals surface area contributed by atoms with Gasteiger partial charge in [0, 0.05) is 39.0 Å². The van der Waals surface area contributed by atoms with Crippen LogP contribution in [0.5, 0.6) is 0 Å². The van der Waals surface area contributed by atoms with Crippen molar-refractivity contribution < 1.29 is 17.9 Å². The number of benzene rings is 2. The van der Waals surface area contributed by atoms with E-state index in [1.54, 1.807) is 25.3 Å². The van der Waals surface area contributed by atoms with E-state index in [4.69, 9.17) is 4.74 Å². The first kappa shape index (κ1) is 18.3. The fraction of sp³-hybridized carbons (Fsp3) is 0.429. The summed E-state index contributed by atoms with van der Waals surface area (Å²) in [5.41, 5.74) is 1.52. The first-order chi connectivity index (χ1) is 13.0. The van der Waals surface area contributed by atoms with Gasteiger partial charge in [-0.15, -0.1) is 0 Å². The highest BCUT2D eigenvalue weighted by Gasteiger charge is 2.54. The average Bonchev–Trinajstić information content (AvgIpc) is 2.65. The molecular formula is C21H23F3N2O. The molecule has 2 aliphatic rings. The maximum Gasteiger partial charge on any atom is 0.159 e. The Morgan fingerprint density at radius 1 is 1.04 bits per heavy atom. The summed E-state index contributed by atoms with van der Waals surface area (Å²) in [5.74, 6) is -1.87. The fourth-order valence-corrected chi connectivity index (χ4v) is 4.47. The standard InChI is InChI=1S/C21H23F3N2O/c1-27-20-14-26(17-4-2-3-16(22)12-17)21(20)7-9-25(10-8-21)13-15-5-6-18(23)19(24)11-15/h2-6,11-12,20H,7-10,13-14H2,1H3. The summed E-state index contributed by atoms with van der Waals surface area (Å²) >= 11 is 0. The summed E-state index contributed by atoms with van der Waals surface area (Å²) in [4.78, 5) is 4.49. The van der Waals surface area contributed by atoms with Crippen LogP contribution in [0.1, 0.15) is 18.4 Å². The molecule has 2 aliphatic heterocycles. The Bertz CT molecular complexity index is 821. The average molecular weight is 376 g/mol. The van der Waals surface area contributed by atoms with Crippen molar-refractivity contribution >= 4 is 5.69 Å². The van der Waals surface area contributed by atoms with Crippen LogP contribution in [-0.2, 0) is 11.3 Å².